The Hall–Kier alpha value is -2.94. The van der Waals surface area contributed by atoms with Gasteiger partial charge in [0.2, 0.25) is 0 Å². The lowest BCUT2D eigenvalue weighted by atomic mass is 9.74. The molecule has 2 N–H and O–H groups in total. The molecule has 156 valence electrons. The van der Waals surface area contributed by atoms with Crippen LogP contribution < -0.4 is 4.74 Å². The Bertz CT molecular complexity index is 1150. The second-order valence-electron chi connectivity index (χ2n) is 8.76. The second-order valence-corrected chi connectivity index (χ2v) is 8.76. The van der Waals surface area contributed by atoms with Crippen molar-refractivity contribution in [3.8, 4) is 23.0 Å². The highest BCUT2D eigenvalue weighted by molar-refractivity contribution is 5.72. The highest BCUT2D eigenvalue weighted by atomic mass is 16.5. The van der Waals surface area contributed by atoms with Crippen molar-refractivity contribution in [2.75, 3.05) is 0 Å². The summed E-state index contributed by atoms with van der Waals surface area (Å²) in [5.74, 6) is 2.17. The third-order valence-corrected chi connectivity index (χ3v) is 7.26. The highest BCUT2D eigenvalue weighted by Crippen LogP contribution is 2.56. The van der Waals surface area contributed by atoms with Gasteiger partial charge < -0.3 is 14.9 Å². The molecule has 0 bridgehead atoms. The minimum absolute atomic E-state index is 0.126. The zero-order valence-corrected chi connectivity index (χ0v) is 19.1. The lowest BCUT2D eigenvalue weighted by Crippen LogP contribution is -2.18. The van der Waals surface area contributed by atoms with Gasteiger partial charge >= 0.3 is 0 Å². The van der Waals surface area contributed by atoms with Gasteiger partial charge in [-0.2, -0.15) is 0 Å². The molecule has 0 unspecified atom stereocenters. The highest BCUT2D eigenvalue weighted by Gasteiger charge is 2.37. The first-order chi connectivity index (χ1) is 14.1. The van der Waals surface area contributed by atoms with Crippen molar-refractivity contribution >= 4 is 0 Å². The minimum atomic E-state index is -0.126. The number of fused-ring (bicyclic) bond motifs is 2. The van der Waals surface area contributed by atoms with E-state index < -0.39 is 0 Å². The van der Waals surface area contributed by atoms with Crippen LogP contribution >= 0.6 is 0 Å². The monoisotopic (exact) mass is 402 g/mol. The van der Waals surface area contributed by atoms with Gasteiger partial charge in [-0.3, -0.25) is 0 Å². The minimum Gasteiger partial charge on any atom is -0.507 e. The van der Waals surface area contributed by atoms with Crippen LogP contribution in [0.25, 0.3) is 0 Å². The molecule has 1 aliphatic heterocycles. The van der Waals surface area contributed by atoms with Gasteiger partial charge in [-0.25, -0.2) is 0 Å². The van der Waals surface area contributed by atoms with Crippen molar-refractivity contribution in [3.63, 3.8) is 0 Å². The Labute approximate surface area is 179 Å². The van der Waals surface area contributed by atoms with Gasteiger partial charge in [-0.05, 0) is 105 Å². The number of phenolic OH excluding ortho intramolecular Hbond substituents is 2. The van der Waals surface area contributed by atoms with Gasteiger partial charge in [0.1, 0.15) is 23.0 Å². The molecule has 0 saturated carbocycles. The van der Waals surface area contributed by atoms with Crippen LogP contribution in [0.3, 0.4) is 0 Å². The third-order valence-electron chi connectivity index (χ3n) is 7.26. The number of phenols is 2. The molecule has 0 spiro atoms. The molecule has 30 heavy (non-hydrogen) atoms. The van der Waals surface area contributed by atoms with Gasteiger partial charge in [0.25, 0.3) is 0 Å². The molecule has 3 heteroatoms. The molecule has 1 aliphatic rings. The van der Waals surface area contributed by atoms with Gasteiger partial charge in [-0.15, -0.1) is 0 Å². The molecule has 1 heterocycles. The molecule has 3 aromatic carbocycles. The predicted octanol–water partition coefficient (Wildman–Crippen LogP) is 6.85. The number of benzene rings is 3. The summed E-state index contributed by atoms with van der Waals surface area (Å²) >= 11 is 0. The molecule has 0 fully saturated rings. The molecule has 0 saturated heterocycles. The fourth-order valence-electron chi connectivity index (χ4n) is 4.86. The smallest absolute Gasteiger partial charge is 0.135 e. The van der Waals surface area contributed by atoms with E-state index in [1.807, 2.05) is 41.5 Å². The van der Waals surface area contributed by atoms with Crippen LogP contribution in [0, 0.1) is 55.4 Å². The Balaban J connectivity index is 2.21. The molecule has 0 atom stereocenters. The molecule has 0 radical (unpaired) electrons. The van der Waals surface area contributed by atoms with Crippen LogP contribution in [0.2, 0.25) is 0 Å². The number of hydrogen-bond donors (Lipinski definition) is 2. The standard InChI is InChI=1S/C27H30O3/c1-12-10-9-11-20(13(12)2)23-21-18(7)24(28)14(3)16(5)26(21)30-27-17(6)15(4)25(29)19(8)22(23)27/h9-11,23,28-29H,1-8H3. The van der Waals surface area contributed by atoms with Crippen molar-refractivity contribution in [2.24, 2.45) is 0 Å². The van der Waals surface area contributed by atoms with Crippen LogP contribution in [-0.4, -0.2) is 10.2 Å². The second kappa shape index (κ2) is 6.80. The van der Waals surface area contributed by atoms with Crippen LogP contribution in [0.4, 0.5) is 0 Å². The fraction of sp³-hybridized carbons (Fsp3) is 0.333. The van der Waals surface area contributed by atoms with E-state index in [-0.39, 0.29) is 5.92 Å². The summed E-state index contributed by atoms with van der Waals surface area (Å²) in [6.45, 7) is 16.1. The van der Waals surface area contributed by atoms with E-state index in [0.29, 0.717) is 11.5 Å². The number of aryl methyl sites for hydroxylation is 1. The first-order valence-corrected chi connectivity index (χ1v) is 10.5. The maximum Gasteiger partial charge on any atom is 0.135 e. The van der Waals surface area contributed by atoms with E-state index in [4.69, 9.17) is 4.74 Å². The van der Waals surface area contributed by atoms with E-state index in [2.05, 4.69) is 32.0 Å². The molecule has 0 aromatic heterocycles. The summed E-state index contributed by atoms with van der Waals surface area (Å²) in [5, 5.41) is 21.8. The van der Waals surface area contributed by atoms with Crippen molar-refractivity contribution in [2.45, 2.75) is 61.3 Å². The molecule has 0 aliphatic carbocycles. The van der Waals surface area contributed by atoms with Crippen LogP contribution in [0.1, 0.15) is 67.1 Å². The van der Waals surface area contributed by atoms with E-state index in [1.165, 1.54) is 16.7 Å². The molecule has 3 nitrogen and oxygen atoms in total. The fourth-order valence-corrected chi connectivity index (χ4v) is 4.86. The van der Waals surface area contributed by atoms with Gasteiger partial charge in [0.15, 0.2) is 0 Å². The zero-order valence-electron chi connectivity index (χ0n) is 19.1. The molecular formula is C27H30O3. The van der Waals surface area contributed by atoms with E-state index in [0.717, 1.165) is 56.0 Å². The zero-order chi connectivity index (χ0) is 22.1. The summed E-state index contributed by atoms with van der Waals surface area (Å²) in [6, 6.07) is 6.36. The lowest BCUT2D eigenvalue weighted by molar-refractivity contribution is 0.422. The maximum atomic E-state index is 10.9. The molecular weight excluding hydrogens is 372 g/mol. The quantitative estimate of drug-likeness (QED) is 0.366. The average Bonchev–Trinajstić information content (AvgIpc) is 2.73. The first kappa shape index (κ1) is 20.3. The summed E-state index contributed by atoms with van der Waals surface area (Å²) in [4.78, 5) is 0. The van der Waals surface area contributed by atoms with Crippen LogP contribution in [0.5, 0.6) is 23.0 Å². The third kappa shape index (κ3) is 2.57. The number of hydrogen-bond acceptors (Lipinski definition) is 3. The Morgan fingerprint density at radius 1 is 0.600 bits per heavy atom. The van der Waals surface area contributed by atoms with Crippen LogP contribution in [-0.2, 0) is 0 Å². The van der Waals surface area contributed by atoms with Gasteiger partial charge in [-0.1, -0.05) is 18.2 Å². The topological polar surface area (TPSA) is 49.7 Å². The number of rotatable bonds is 1. The van der Waals surface area contributed by atoms with Crippen molar-refractivity contribution in [1.82, 2.24) is 0 Å². The average molecular weight is 403 g/mol. The molecule has 3 aromatic rings. The van der Waals surface area contributed by atoms with E-state index in [1.54, 1.807) is 0 Å². The SMILES string of the molecule is Cc1cccc(C2c3c(C)c(O)c(C)c(C)c3Oc3c(C)c(C)c(O)c(C)c32)c1C. The molecule has 0 amide bonds. The normalized spacial score (nSPS) is 13.1. The van der Waals surface area contributed by atoms with Crippen molar-refractivity contribution in [3.05, 3.63) is 79.4 Å². The van der Waals surface area contributed by atoms with Gasteiger partial charge in [0.05, 0.1) is 0 Å². The Morgan fingerprint density at radius 3 is 1.53 bits per heavy atom. The Morgan fingerprint density at radius 2 is 1.07 bits per heavy atom. The van der Waals surface area contributed by atoms with Crippen molar-refractivity contribution < 1.29 is 14.9 Å². The largest absolute Gasteiger partial charge is 0.507 e. The summed E-state index contributed by atoms with van der Waals surface area (Å²) in [5.41, 5.74) is 10.9. The van der Waals surface area contributed by atoms with Crippen molar-refractivity contribution in [1.29, 1.82) is 0 Å². The van der Waals surface area contributed by atoms with E-state index in [9.17, 15) is 10.2 Å². The predicted molar refractivity (Wildman–Crippen MR) is 122 cm³/mol. The Kier molecular flexibility index (Phi) is 4.61. The summed E-state index contributed by atoms with van der Waals surface area (Å²) < 4.78 is 6.57. The van der Waals surface area contributed by atoms with Crippen LogP contribution in [0.15, 0.2) is 18.2 Å². The number of aromatic hydroxyl groups is 2. The maximum absolute atomic E-state index is 10.9. The van der Waals surface area contributed by atoms with E-state index >= 15 is 0 Å². The lowest BCUT2D eigenvalue weighted by Gasteiger charge is -2.36. The summed E-state index contributed by atoms with van der Waals surface area (Å²) in [7, 11) is 0. The molecule has 4 rings (SSSR count). The summed E-state index contributed by atoms with van der Waals surface area (Å²) in [6.07, 6.45) is 0. The first-order valence-electron chi connectivity index (χ1n) is 10.5. The van der Waals surface area contributed by atoms with Gasteiger partial charge in [0, 0.05) is 17.0 Å². The number of ether oxygens (including phenoxy) is 1.